The summed E-state index contributed by atoms with van der Waals surface area (Å²) in [5, 5.41) is 0.524. The van der Waals surface area contributed by atoms with Gasteiger partial charge in [-0.3, -0.25) is 14.2 Å². The van der Waals surface area contributed by atoms with E-state index in [0.29, 0.717) is 33.8 Å². The van der Waals surface area contributed by atoms with Gasteiger partial charge in [0.2, 0.25) is 0 Å². The van der Waals surface area contributed by atoms with Gasteiger partial charge in [0.15, 0.2) is 0 Å². The van der Waals surface area contributed by atoms with E-state index in [4.69, 9.17) is 14.5 Å². The molecular formula is C28H29N3O4. The number of para-hydroxylation sites is 1. The van der Waals surface area contributed by atoms with Gasteiger partial charge in [-0.05, 0) is 62.2 Å². The van der Waals surface area contributed by atoms with Crippen molar-refractivity contribution < 1.29 is 14.3 Å². The van der Waals surface area contributed by atoms with Crippen LogP contribution in [-0.2, 0) is 0 Å². The zero-order chi connectivity index (χ0) is 25.3. The van der Waals surface area contributed by atoms with Gasteiger partial charge in [0.1, 0.15) is 17.3 Å². The Bertz CT molecular complexity index is 1450. The van der Waals surface area contributed by atoms with Crippen LogP contribution < -0.4 is 15.0 Å². The third-order valence-corrected chi connectivity index (χ3v) is 6.28. The topological polar surface area (TPSA) is 73.7 Å². The minimum absolute atomic E-state index is 0.171. The number of hydrogen-bond acceptors (Lipinski definition) is 5. The molecule has 0 spiro atoms. The van der Waals surface area contributed by atoms with Crippen LogP contribution in [-0.4, -0.2) is 41.6 Å². The molecule has 1 atom stereocenters. The molecule has 7 heteroatoms. The lowest BCUT2D eigenvalue weighted by Crippen LogP contribution is -2.35. The Labute approximate surface area is 204 Å². The van der Waals surface area contributed by atoms with Crippen molar-refractivity contribution in [2.45, 2.75) is 26.8 Å². The van der Waals surface area contributed by atoms with Crippen LogP contribution in [0.4, 0.5) is 0 Å². The van der Waals surface area contributed by atoms with Crippen LogP contribution in [0.5, 0.6) is 11.5 Å². The Morgan fingerprint density at radius 1 is 0.971 bits per heavy atom. The molecule has 0 aliphatic heterocycles. The highest BCUT2D eigenvalue weighted by molar-refractivity contribution is 5.95. The Balaban J connectivity index is 1.88. The predicted molar refractivity (Wildman–Crippen MR) is 137 cm³/mol. The summed E-state index contributed by atoms with van der Waals surface area (Å²) in [4.78, 5) is 33.7. The lowest BCUT2D eigenvalue weighted by atomic mass is 10.1. The number of benzene rings is 3. The van der Waals surface area contributed by atoms with Gasteiger partial charge in [-0.25, -0.2) is 4.98 Å². The monoisotopic (exact) mass is 471 g/mol. The van der Waals surface area contributed by atoms with E-state index in [0.717, 1.165) is 16.8 Å². The van der Waals surface area contributed by atoms with Crippen LogP contribution in [0.1, 0.15) is 40.3 Å². The molecule has 0 aliphatic rings. The summed E-state index contributed by atoms with van der Waals surface area (Å²) in [6.45, 7) is 5.81. The average Bonchev–Trinajstić information content (AvgIpc) is 2.88. The van der Waals surface area contributed by atoms with Crippen molar-refractivity contribution in [1.82, 2.24) is 14.5 Å². The summed E-state index contributed by atoms with van der Waals surface area (Å²) in [6.07, 6.45) is 0. The van der Waals surface area contributed by atoms with E-state index < -0.39 is 6.04 Å². The molecule has 1 unspecified atom stereocenters. The second-order valence-electron chi connectivity index (χ2n) is 8.61. The van der Waals surface area contributed by atoms with Gasteiger partial charge < -0.3 is 14.4 Å². The summed E-state index contributed by atoms with van der Waals surface area (Å²) in [7, 11) is 4.78. The molecule has 0 aliphatic carbocycles. The average molecular weight is 472 g/mol. The number of fused-ring (bicyclic) bond motifs is 1. The SMILES string of the molecule is COc1cc(OC)cc(C(=O)N(C)C(C)c2nc3ccccc3c(=O)n2-c2cc(C)ccc2C)c1. The first-order valence-corrected chi connectivity index (χ1v) is 11.3. The van der Waals surface area contributed by atoms with Crippen LogP contribution in [0, 0.1) is 13.8 Å². The number of aryl methyl sites for hydroxylation is 2. The maximum atomic E-state index is 13.7. The number of methoxy groups -OCH3 is 2. The molecule has 0 radical (unpaired) electrons. The Hall–Kier alpha value is -4.13. The second-order valence-corrected chi connectivity index (χ2v) is 8.61. The molecule has 4 rings (SSSR count). The fourth-order valence-corrected chi connectivity index (χ4v) is 4.11. The Kier molecular flexibility index (Phi) is 6.60. The molecule has 0 N–H and O–H groups in total. The van der Waals surface area contributed by atoms with E-state index in [1.165, 1.54) is 14.2 Å². The molecule has 0 bridgehead atoms. The number of amides is 1. The van der Waals surface area contributed by atoms with Gasteiger partial charge in [0.05, 0.1) is 36.9 Å². The number of hydrogen-bond donors (Lipinski definition) is 0. The van der Waals surface area contributed by atoms with Crippen molar-refractivity contribution in [2.24, 2.45) is 0 Å². The fraction of sp³-hybridized carbons (Fsp3) is 0.250. The maximum Gasteiger partial charge on any atom is 0.266 e. The highest BCUT2D eigenvalue weighted by Gasteiger charge is 2.26. The van der Waals surface area contributed by atoms with E-state index in [1.54, 1.807) is 40.8 Å². The number of carbonyl (C=O) groups excluding carboxylic acids is 1. The number of aromatic nitrogens is 2. The summed E-state index contributed by atoms with van der Waals surface area (Å²) in [5.74, 6) is 1.27. The molecule has 1 heterocycles. The number of ether oxygens (including phenoxy) is 2. The molecule has 0 fully saturated rings. The van der Waals surface area contributed by atoms with Crippen molar-refractivity contribution >= 4 is 16.8 Å². The normalized spacial score (nSPS) is 11.8. The van der Waals surface area contributed by atoms with Crippen LogP contribution in [0.25, 0.3) is 16.6 Å². The minimum atomic E-state index is -0.517. The molecule has 1 amide bonds. The van der Waals surface area contributed by atoms with Crippen molar-refractivity contribution in [3.63, 3.8) is 0 Å². The first kappa shape index (κ1) is 24.0. The van der Waals surface area contributed by atoms with Crippen LogP contribution in [0.2, 0.25) is 0 Å². The molecule has 4 aromatic rings. The van der Waals surface area contributed by atoms with Crippen molar-refractivity contribution in [2.75, 3.05) is 21.3 Å². The fourth-order valence-electron chi connectivity index (χ4n) is 4.11. The van der Waals surface area contributed by atoms with Gasteiger partial charge in [-0.2, -0.15) is 0 Å². The highest BCUT2D eigenvalue weighted by Crippen LogP contribution is 2.28. The van der Waals surface area contributed by atoms with E-state index in [-0.39, 0.29) is 11.5 Å². The highest BCUT2D eigenvalue weighted by atomic mass is 16.5. The van der Waals surface area contributed by atoms with Gasteiger partial charge in [0.25, 0.3) is 11.5 Å². The molecule has 180 valence electrons. The van der Waals surface area contributed by atoms with E-state index in [1.807, 2.05) is 57.2 Å². The smallest absolute Gasteiger partial charge is 0.266 e. The zero-order valence-electron chi connectivity index (χ0n) is 20.8. The van der Waals surface area contributed by atoms with Crippen molar-refractivity contribution in [3.05, 3.63) is 93.5 Å². The lowest BCUT2D eigenvalue weighted by molar-refractivity contribution is 0.0734. The minimum Gasteiger partial charge on any atom is -0.497 e. The number of carbonyl (C=O) groups is 1. The van der Waals surface area contributed by atoms with Gasteiger partial charge in [0, 0.05) is 18.7 Å². The third-order valence-electron chi connectivity index (χ3n) is 6.28. The van der Waals surface area contributed by atoms with E-state index in [2.05, 4.69) is 0 Å². The molecule has 7 nitrogen and oxygen atoms in total. The molecule has 0 saturated carbocycles. The first-order chi connectivity index (χ1) is 16.7. The quantitative estimate of drug-likeness (QED) is 0.402. The first-order valence-electron chi connectivity index (χ1n) is 11.3. The third kappa shape index (κ3) is 4.49. The molecule has 0 saturated heterocycles. The summed E-state index contributed by atoms with van der Waals surface area (Å²) in [5.41, 5.74) is 3.54. The summed E-state index contributed by atoms with van der Waals surface area (Å²) < 4.78 is 12.3. The second kappa shape index (κ2) is 9.62. The standard InChI is InChI=1S/C28H29N3O4/c1-17-11-12-18(2)25(13-17)31-26(29-24-10-8-7-9-23(24)28(31)33)19(3)30(4)27(32)20-14-21(34-5)16-22(15-20)35-6/h7-16,19H,1-6H3. The predicted octanol–water partition coefficient (Wildman–Crippen LogP) is 4.85. The van der Waals surface area contributed by atoms with E-state index in [9.17, 15) is 9.59 Å². The lowest BCUT2D eigenvalue weighted by Gasteiger charge is -2.28. The van der Waals surface area contributed by atoms with Gasteiger partial charge in [-0.15, -0.1) is 0 Å². The Morgan fingerprint density at radius 3 is 2.29 bits per heavy atom. The number of rotatable bonds is 6. The van der Waals surface area contributed by atoms with Crippen LogP contribution in [0.3, 0.4) is 0 Å². The van der Waals surface area contributed by atoms with Crippen molar-refractivity contribution in [3.8, 4) is 17.2 Å². The summed E-state index contributed by atoms with van der Waals surface area (Å²) >= 11 is 0. The van der Waals surface area contributed by atoms with Gasteiger partial charge >= 0.3 is 0 Å². The molecular weight excluding hydrogens is 442 g/mol. The van der Waals surface area contributed by atoms with Gasteiger partial charge in [-0.1, -0.05) is 24.3 Å². The number of nitrogens with zero attached hydrogens (tertiary/aromatic N) is 3. The van der Waals surface area contributed by atoms with Crippen molar-refractivity contribution in [1.29, 1.82) is 0 Å². The molecule has 1 aromatic heterocycles. The van der Waals surface area contributed by atoms with Crippen LogP contribution >= 0.6 is 0 Å². The van der Waals surface area contributed by atoms with E-state index >= 15 is 0 Å². The maximum absolute atomic E-state index is 13.7. The van der Waals surface area contributed by atoms with Crippen LogP contribution in [0.15, 0.2) is 65.5 Å². The largest absolute Gasteiger partial charge is 0.497 e. The summed E-state index contributed by atoms with van der Waals surface area (Å²) in [6, 6.07) is 17.8. The molecule has 3 aromatic carbocycles. The Morgan fingerprint density at radius 2 is 1.63 bits per heavy atom. The molecule has 35 heavy (non-hydrogen) atoms. The zero-order valence-corrected chi connectivity index (χ0v) is 20.8.